The van der Waals surface area contributed by atoms with Gasteiger partial charge in [0.25, 0.3) is 11.1 Å². The molecule has 5 rings (SSSR count). The molecule has 0 spiro atoms. The van der Waals surface area contributed by atoms with E-state index in [0.29, 0.717) is 23.6 Å². The second kappa shape index (κ2) is 6.02. The minimum Gasteiger partial charge on any atom is -0.299 e. The van der Waals surface area contributed by atoms with Gasteiger partial charge in [0.15, 0.2) is 0 Å². The number of rotatable bonds is 1. The van der Waals surface area contributed by atoms with Gasteiger partial charge in [-0.05, 0) is 36.5 Å². The predicted octanol–water partition coefficient (Wildman–Crippen LogP) is 3.62. The standard InChI is InChI=1S/C24H24N2O3/c1-14-8-10-15(11-9-14)21-20-18(12-24(2,3)13-19(20)27)25-22(28)16-6-4-5-7-17(16)23(29)26(21)25/h4-11,18,20-21H,12-13H2,1-3H3. The SMILES string of the molecule is Cc1ccc(C2C3C(=O)CC(C)(C)CC3n3c(=O)c4ccccc4c(=O)n32)cc1. The van der Waals surface area contributed by atoms with E-state index in [-0.39, 0.29) is 28.4 Å². The molecule has 5 heteroatoms. The highest BCUT2D eigenvalue weighted by Crippen LogP contribution is 2.50. The number of carbonyl (C=O) groups excluding carboxylic acids is 1. The van der Waals surface area contributed by atoms with Crippen molar-refractivity contribution in [3.05, 3.63) is 80.4 Å². The zero-order valence-electron chi connectivity index (χ0n) is 16.9. The lowest BCUT2D eigenvalue weighted by molar-refractivity contribution is -0.129. The van der Waals surface area contributed by atoms with Crippen molar-refractivity contribution in [1.82, 2.24) is 9.36 Å². The molecule has 2 aliphatic rings. The van der Waals surface area contributed by atoms with Crippen LogP contribution in [0.3, 0.4) is 0 Å². The van der Waals surface area contributed by atoms with Gasteiger partial charge in [-0.3, -0.25) is 14.4 Å². The minimum atomic E-state index is -0.450. The lowest BCUT2D eigenvalue weighted by atomic mass is 9.67. The molecule has 0 amide bonds. The van der Waals surface area contributed by atoms with Gasteiger partial charge >= 0.3 is 0 Å². The second-order valence-electron chi connectivity index (χ2n) is 9.31. The molecule has 1 aliphatic heterocycles. The summed E-state index contributed by atoms with van der Waals surface area (Å²) in [7, 11) is 0. The molecule has 0 saturated heterocycles. The molecule has 5 nitrogen and oxygen atoms in total. The minimum absolute atomic E-state index is 0.135. The summed E-state index contributed by atoms with van der Waals surface area (Å²) in [5.41, 5.74) is 1.43. The van der Waals surface area contributed by atoms with Gasteiger partial charge in [-0.15, -0.1) is 0 Å². The van der Waals surface area contributed by atoms with Crippen LogP contribution in [-0.4, -0.2) is 15.1 Å². The molecule has 1 aromatic heterocycles. The number of fused-ring (bicyclic) bond motifs is 4. The molecular weight excluding hydrogens is 364 g/mol. The van der Waals surface area contributed by atoms with Crippen LogP contribution in [0.25, 0.3) is 10.8 Å². The first-order chi connectivity index (χ1) is 13.8. The van der Waals surface area contributed by atoms with E-state index < -0.39 is 12.0 Å². The highest BCUT2D eigenvalue weighted by molar-refractivity contribution is 5.85. The largest absolute Gasteiger partial charge is 0.299 e. The third kappa shape index (κ3) is 2.56. The Morgan fingerprint density at radius 2 is 1.45 bits per heavy atom. The Morgan fingerprint density at radius 1 is 0.862 bits per heavy atom. The van der Waals surface area contributed by atoms with Crippen molar-refractivity contribution < 1.29 is 4.79 Å². The summed E-state index contributed by atoms with van der Waals surface area (Å²) < 4.78 is 3.17. The summed E-state index contributed by atoms with van der Waals surface area (Å²) in [4.78, 5) is 40.3. The smallest absolute Gasteiger partial charge is 0.273 e. The van der Waals surface area contributed by atoms with Gasteiger partial charge in [0.05, 0.1) is 28.8 Å². The van der Waals surface area contributed by atoms with Gasteiger partial charge in [0.2, 0.25) is 0 Å². The molecule has 0 radical (unpaired) electrons. The number of nitrogens with zero attached hydrogens (tertiary/aromatic N) is 2. The first kappa shape index (κ1) is 18.1. The van der Waals surface area contributed by atoms with E-state index in [4.69, 9.17) is 0 Å². The highest BCUT2D eigenvalue weighted by Gasteiger charge is 2.52. The van der Waals surface area contributed by atoms with E-state index in [2.05, 4.69) is 13.8 Å². The van der Waals surface area contributed by atoms with Crippen molar-refractivity contribution in [2.24, 2.45) is 11.3 Å². The molecule has 1 aliphatic carbocycles. The van der Waals surface area contributed by atoms with Crippen LogP contribution >= 0.6 is 0 Å². The topological polar surface area (TPSA) is 61.1 Å². The number of benzene rings is 2. The van der Waals surface area contributed by atoms with E-state index in [9.17, 15) is 14.4 Å². The van der Waals surface area contributed by atoms with Crippen molar-refractivity contribution in [2.45, 2.75) is 45.7 Å². The van der Waals surface area contributed by atoms with Gasteiger partial charge < -0.3 is 0 Å². The number of aromatic nitrogens is 2. The number of hydrogen-bond acceptors (Lipinski definition) is 3. The fourth-order valence-corrected chi connectivity index (χ4v) is 5.33. The first-order valence-electron chi connectivity index (χ1n) is 10.1. The molecule has 3 unspecified atom stereocenters. The van der Waals surface area contributed by atoms with Crippen molar-refractivity contribution in [1.29, 1.82) is 0 Å². The van der Waals surface area contributed by atoms with Gasteiger partial charge in [-0.25, -0.2) is 9.36 Å². The average Bonchev–Trinajstić information content (AvgIpc) is 3.01. The third-order valence-electron chi connectivity index (χ3n) is 6.57. The van der Waals surface area contributed by atoms with E-state index in [1.165, 1.54) is 0 Å². The fourth-order valence-electron chi connectivity index (χ4n) is 5.33. The Labute approximate surface area is 168 Å². The Balaban J connectivity index is 1.87. The Hall–Kier alpha value is -2.95. The van der Waals surface area contributed by atoms with Gasteiger partial charge in [0, 0.05) is 6.42 Å². The quantitative estimate of drug-likeness (QED) is 0.640. The first-order valence-corrected chi connectivity index (χ1v) is 10.1. The highest BCUT2D eigenvalue weighted by atomic mass is 16.2. The lowest BCUT2D eigenvalue weighted by Crippen LogP contribution is -2.40. The number of Topliss-reactive ketones (excluding diaryl/α,β-unsaturated/α-hetero) is 1. The molecule has 2 heterocycles. The molecule has 2 aromatic carbocycles. The van der Waals surface area contributed by atoms with Crippen molar-refractivity contribution in [3.8, 4) is 0 Å². The third-order valence-corrected chi connectivity index (χ3v) is 6.57. The molecule has 3 atom stereocenters. The summed E-state index contributed by atoms with van der Waals surface area (Å²) >= 11 is 0. The summed E-state index contributed by atoms with van der Waals surface area (Å²) in [6, 6.07) is 14.2. The average molecular weight is 388 g/mol. The van der Waals surface area contributed by atoms with Crippen molar-refractivity contribution in [2.75, 3.05) is 0 Å². The lowest BCUT2D eigenvalue weighted by Gasteiger charge is -2.37. The summed E-state index contributed by atoms with van der Waals surface area (Å²) in [5.74, 6) is -0.260. The van der Waals surface area contributed by atoms with E-state index in [1.807, 2.05) is 31.2 Å². The number of hydrogen-bond donors (Lipinski definition) is 0. The Kier molecular flexibility index (Phi) is 3.76. The maximum absolute atomic E-state index is 13.5. The van der Waals surface area contributed by atoms with Crippen LogP contribution < -0.4 is 11.1 Å². The maximum atomic E-state index is 13.5. The van der Waals surface area contributed by atoms with Crippen LogP contribution in [0.2, 0.25) is 0 Å². The van der Waals surface area contributed by atoms with Crippen molar-refractivity contribution in [3.63, 3.8) is 0 Å². The molecule has 1 fully saturated rings. The van der Waals surface area contributed by atoms with Gasteiger partial charge in [-0.1, -0.05) is 55.8 Å². The van der Waals surface area contributed by atoms with E-state index in [0.717, 1.165) is 11.1 Å². The fraction of sp³-hybridized carbons (Fsp3) is 0.375. The van der Waals surface area contributed by atoms with Crippen LogP contribution in [0.4, 0.5) is 0 Å². The zero-order chi connectivity index (χ0) is 20.5. The normalized spacial score (nSPS) is 25.1. The van der Waals surface area contributed by atoms with Gasteiger partial charge in [-0.2, -0.15) is 0 Å². The van der Waals surface area contributed by atoms with Crippen molar-refractivity contribution >= 4 is 16.6 Å². The zero-order valence-corrected chi connectivity index (χ0v) is 16.9. The Bertz CT molecular complexity index is 1260. The molecule has 29 heavy (non-hydrogen) atoms. The summed E-state index contributed by atoms with van der Waals surface area (Å²) in [6.07, 6.45) is 1.16. The maximum Gasteiger partial charge on any atom is 0.273 e. The summed E-state index contributed by atoms with van der Waals surface area (Å²) in [6.45, 7) is 6.14. The molecule has 148 valence electrons. The molecule has 0 bridgehead atoms. The molecule has 1 saturated carbocycles. The molecular formula is C24H24N2O3. The van der Waals surface area contributed by atoms with E-state index >= 15 is 0 Å². The monoisotopic (exact) mass is 388 g/mol. The van der Waals surface area contributed by atoms with E-state index in [1.54, 1.807) is 33.6 Å². The van der Waals surface area contributed by atoms with Crippen LogP contribution in [0.5, 0.6) is 0 Å². The van der Waals surface area contributed by atoms with Crippen LogP contribution in [0.1, 0.15) is 49.9 Å². The number of aryl methyl sites for hydroxylation is 1. The predicted molar refractivity (Wildman–Crippen MR) is 112 cm³/mol. The molecule has 0 N–H and O–H groups in total. The Morgan fingerprint density at radius 3 is 2.07 bits per heavy atom. The van der Waals surface area contributed by atoms with Crippen LogP contribution in [0.15, 0.2) is 58.1 Å². The van der Waals surface area contributed by atoms with Crippen LogP contribution in [-0.2, 0) is 4.79 Å². The summed E-state index contributed by atoms with van der Waals surface area (Å²) in [5, 5.41) is 0.837. The second-order valence-corrected chi connectivity index (χ2v) is 9.31. The number of carbonyl (C=O) groups is 1. The van der Waals surface area contributed by atoms with Crippen LogP contribution in [0, 0.1) is 18.3 Å². The molecule has 3 aromatic rings. The van der Waals surface area contributed by atoms with Gasteiger partial charge in [0.1, 0.15) is 5.78 Å². The number of ketones is 1.